The van der Waals surface area contributed by atoms with E-state index in [1.807, 2.05) is 32.8 Å². The largest absolute Gasteiger partial charge is 0.463 e. The first-order valence-corrected chi connectivity index (χ1v) is 4.93. The van der Waals surface area contributed by atoms with Crippen LogP contribution in [0.15, 0.2) is 0 Å². The fourth-order valence-electron chi connectivity index (χ4n) is 0.717. The predicted molar refractivity (Wildman–Crippen MR) is 55.2 cm³/mol. The van der Waals surface area contributed by atoms with Crippen molar-refractivity contribution in [1.82, 2.24) is 4.90 Å². The second-order valence-corrected chi connectivity index (χ2v) is 3.74. The van der Waals surface area contributed by atoms with Crippen molar-refractivity contribution in [3.8, 4) is 0 Å². The molecule has 0 aromatic rings. The van der Waals surface area contributed by atoms with Crippen LogP contribution in [-0.4, -0.2) is 51.3 Å². The van der Waals surface area contributed by atoms with Crippen molar-refractivity contribution in [2.45, 2.75) is 13.8 Å². The van der Waals surface area contributed by atoms with E-state index < -0.39 is 0 Å². The highest BCUT2D eigenvalue weighted by atomic mass is 16.6. The predicted octanol–water partition coefficient (Wildman–Crippen LogP) is 0.764. The molecule has 4 nitrogen and oxygen atoms in total. The molecule has 0 spiro atoms. The van der Waals surface area contributed by atoms with E-state index in [1.54, 1.807) is 0 Å². The lowest BCUT2D eigenvalue weighted by atomic mass is 10.2. The van der Waals surface area contributed by atoms with E-state index in [1.165, 1.54) is 0 Å². The van der Waals surface area contributed by atoms with Crippen LogP contribution in [0.4, 0.5) is 0 Å². The Balaban J connectivity index is 3.18. The molecular weight excluding hydrogens is 182 g/mol. The van der Waals surface area contributed by atoms with Gasteiger partial charge < -0.3 is 14.4 Å². The number of likely N-dealkylation sites (N-methyl/N-ethyl adjacent to an activating group) is 1. The topological polar surface area (TPSA) is 38.8 Å². The number of carbonyl (C=O) groups excluding carboxylic acids is 1. The number of rotatable bonds is 7. The van der Waals surface area contributed by atoms with Crippen LogP contribution in [0, 0.1) is 5.92 Å². The SMILES string of the molecule is CC(C)C(=O)OCCOCCN(C)C. The Morgan fingerprint density at radius 1 is 1.21 bits per heavy atom. The first-order chi connectivity index (χ1) is 6.54. The first-order valence-electron chi connectivity index (χ1n) is 4.93. The molecular formula is C10H21NO3. The molecule has 0 radical (unpaired) electrons. The molecule has 84 valence electrons. The maximum absolute atomic E-state index is 11.0. The molecule has 0 atom stereocenters. The third-order valence-electron chi connectivity index (χ3n) is 1.63. The maximum Gasteiger partial charge on any atom is 0.308 e. The molecule has 0 N–H and O–H groups in total. The Bertz CT molecular complexity index is 157. The summed E-state index contributed by atoms with van der Waals surface area (Å²) in [5.41, 5.74) is 0. The second-order valence-electron chi connectivity index (χ2n) is 3.74. The zero-order valence-electron chi connectivity index (χ0n) is 9.58. The van der Waals surface area contributed by atoms with Crippen LogP contribution < -0.4 is 0 Å². The summed E-state index contributed by atoms with van der Waals surface area (Å²) >= 11 is 0. The van der Waals surface area contributed by atoms with E-state index in [0.717, 1.165) is 6.54 Å². The van der Waals surface area contributed by atoms with E-state index >= 15 is 0 Å². The third kappa shape index (κ3) is 8.01. The molecule has 0 aromatic carbocycles. The minimum absolute atomic E-state index is 0.0585. The summed E-state index contributed by atoms with van der Waals surface area (Å²) in [5, 5.41) is 0. The molecule has 0 fully saturated rings. The standard InChI is InChI=1S/C10H21NO3/c1-9(2)10(12)14-8-7-13-6-5-11(3)4/h9H,5-8H2,1-4H3. The van der Waals surface area contributed by atoms with Crippen molar-refractivity contribution in [2.24, 2.45) is 5.92 Å². The number of esters is 1. The number of nitrogens with zero attached hydrogens (tertiary/aromatic N) is 1. The summed E-state index contributed by atoms with van der Waals surface area (Å²) in [6.45, 7) is 6.02. The van der Waals surface area contributed by atoms with E-state index in [-0.39, 0.29) is 11.9 Å². The van der Waals surface area contributed by atoms with Gasteiger partial charge in [-0.15, -0.1) is 0 Å². The second kappa shape index (κ2) is 7.76. The highest BCUT2D eigenvalue weighted by molar-refractivity contribution is 5.71. The zero-order valence-corrected chi connectivity index (χ0v) is 9.58. The van der Waals surface area contributed by atoms with Crippen LogP contribution in [0.1, 0.15) is 13.8 Å². The Morgan fingerprint density at radius 2 is 1.86 bits per heavy atom. The summed E-state index contributed by atoms with van der Waals surface area (Å²) in [7, 11) is 3.98. The van der Waals surface area contributed by atoms with Crippen molar-refractivity contribution in [3.05, 3.63) is 0 Å². The van der Waals surface area contributed by atoms with E-state index in [2.05, 4.69) is 0 Å². The van der Waals surface area contributed by atoms with Crippen LogP contribution >= 0.6 is 0 Å². The molecule has 0 saturated heterocycles. The van der Waals surface area contributed by atoms with Gasteiger partial charge in [0.1, 0.15) is 6.61 Å². The van der Waals surface area contributed by atoms with Gasteiger partial charge in [0.25, 0.3) is 0 Å². The summed E-state index contributed by atoms with van der Waals surface area (Å²) in [5.74, 6) is -0.224. The van der Waals surface area contributed by atoms with Gasteiger partial charge in [-0.2, -0.15) is 0 Å². The van der Waals surface area contributed by atoms with Crippen molar-refractivity contribution in [2.75, 3.05) is 40.5 Å². The fourth-order valence-corrected chi connectivity index (χ4v) is 0.717. The van der Waals surface area contributed by atoms with Gasteiger partial charge in [-0.05, 0) is 14.1 Å². The lowest BCUT2D eigenvalue weighted by Gasteiger charge is -2.10. The monoisotopic (exact) mass is 203 g/mol. The van der Waals surface area contributed by atoms with Gasteiger partial charge in [0.15, 0.2) is 0 Å². The Labute approximate surface area is 86.2 Å². The lowest BCUT2D eigenvalue weighted by molar-refractivity contribution is -0.148. The summed E-state index contributed by atoms with van der Waals surface area (Å²) in [4.78, 5) is 13.0. The minimum Gasteiger partial charge on any atom is -0.463 e. The molecule has 0 saturated carbocycles. The van der Waals surface area contributed by atoms with Gasteiger partial charge in [0, 0.05) is 6.54 Å². The fraction of sp³-hybridized carbons (Fsp3) is 0.900. The summed E-state index contributed by atoms with van der Waals surface area (Å²) < 4.78 is 10.2. The smallest absolute Gasteiger partial charge is 0.308 e. The van der Waals surface area contributed by atoms with Crippen LogP contribution in [0.3, 0.4) is 0 Å². The van der Waals surface area contributed by atoms with Gasteiger partial charge in [-0.1, -0.05) is 13.8 Å². The van der Waals surface area contributed by atoms with Gasteiger partial charge in [0.2, 0.25) is 0 Å². The van der Waals surface area contributed by atoms with Crippen LogP contribution in [-0.2, 0) is 14.3 Å². The molecule has 0 aliphatic heterocycles. The Kier molecular flexibility index (Phi) is 7.42. The van der Waals surface area contributed by atoms with Crippen molar-refractivity contribution >= 4 is 5.97 Å². The molecule has 0 heterocycles. The minimum atomic E-state index is -0.166. The number of hydrogen-bond acceptors (Lipinski definition) is 4. The van der Waals surface area contributed by atoms with Crippen molar-refractivity contribution in [3.63, 3.8) is 0 Å². The maximum atomic E-state index is 11.0. The lowest BCUT2D eigenvalue weighted by Crippen LogP contribution is -2.20. The van der Waals surface area contributed by atoms with Crippen LogP contribution in [0.2, 0.25) is 0 Å². The van der Waals surface area contributed by atoms with Crippen molar-refractivity contribution in [1.29, 1.82) is 0 Å². The van der Waals surface area contributed by atoms with Crippen LogP contribution in [0.5, 0.6) is 0 Å². The average molecular weight is 203 g/mol. The Morgan fingerprint density at radius 3 is 2.36 bits per heavy atom. The van der Waals surface area contributed by atoms with Crippen molar-refractivity contribution < 1.29 is 14.3 Å². The molecule has 0 amide bonds. The third-order valence-corrected chi connectivity index (χ3v) is 1.63. The molecule has 0 rings (SSSR count). The quantitative estimate of drug-likeness (QED) is 0.452. The van der Waals surface area contributed by atoms with Gasteiger partial charge in [0.05, 0.1) is 19.1 Å². The van der Waals surface area contributed by atoms with E-state index in [0.29, 0.717) is 19.8 Å². The molecule has 0 aromatic heterocycles. The number of carbonyl (C=O) groups is 1. The normalized spacial score (nSPS) is 11.0. The molecule has 14 heavy (non-hydrogen) atoms. The average Bonchev–Trinajstić information content (AvgIpc) is 2.09. The number of ether oxygens (including phenoxy) is 2. The molecule has 0 aliphatic rings. The van der Waals surface area contributed by atoms with E-state index in [4.69, 9.17) is 9.47 Å². The van der Waals surface area contributed by atoms with Gasteiger partial charge in [-0.25, -0.2) is 0 Å². The molecule has 4 heteroatoms. The molecule has 0 unspecified atom stereocenters. The molecule has 0 aliphatic carbocycles. The van der Waals surface area contributed by atoms with Crippen LogP contribution in [0.25, 0.3) is 0 Å². The Hall–Kier alpha value is -0.610. The highest BCUT2D eigenvalue weighted by Crippen LogP contribution is 1.95. The zero-order chi connectivity index (χ0) is 11.0. The molecule has 0 bridgehead atoms. The summed E-state index contributed by atoms with van der Waals surface area (Å²) in [6.07, 6.45) is 0. The summed E-state index contributed by atoms with van der Waals surface area (Å²) in [6, 6.07) is 0. The van der Waals surface area contributed by atoms with Gasteiger partial charge >= 0.3 is 5.97 Å². The van der Waals surface area contributed by atoms with Gasteiger partial charge in [-0.3, -0.25) is 4.79 Å². The highest BCUT2D eigenvalue weighted by Gasteiger charge is 2.06. The number of hydrogen-bond donors (Lipinski definition) is 0. The van der Waals surface area contributed by atoms with E-state index in [9.17, 15) is 4.79 Å². The first kappa shape index (κ1) is 13.4.